The zero-order valence-electron chi connectivity index (χ0n) is 18.1. The van der Waals surface area contributed by atoms with Gasteiger partial charge in [-0.3, -0.25) is 15.1 Å². The minimum atomic E-state index is 0.332. The molecular formula is C25H21N7S. The molecule has 0 spiro atoms. The SMILES string of the molecule is CC(C)Nc1cncc(-c2cnc3n[nH]c(-c4cc5c(-c6cccs6)nccc5[nH]4)c3c2)c1. The van der Waals surface area contributed by atoms with Crippen molar-refractivity contribution in [3.05, 3.63) is 66.6 Å². The molecule has 6 aromatic rings. The van der Waals surface area contributed by atoms with Crippen LogP contribution in [0.4, 0.5) is 5.69 Å². The topological polar surface area (TPSA) is 95.2 Å². The Morgan fingerprint density at radius 1 is 0.970 bits per heavy atom. The van der Waals surface area contributed by atoms with Crippen LogP contribution in [-0.2, 0) is 0 Å². The van der Waals surface area contributed by atoms with Gasteiger partial charge in [0.15, 0.2) is 5.65 Å². The second kappa shape index (κ2) is 7.83. The van der Waals surface area contributed by atoms with Crippen LogP contribution in [0.2, 0.25) is 0 Å². The molecular weight excluding hydrogens is 430 g/mol. The van der Waals surface area contributed by atoms with Crippen LogP contribution in [0.5, 0.6) is 0 Å². The number of nitrogens with zero attached hydrogens (tertiary/aromatic N) is 4. The molecule has 0 aromatic carbocycles. The number of thiophene rings is 1. The van der Waals surface area contributed by atoms with Crippen molar-refractivity contribution in [1.82, 2.24) is 30.1 Å². The number of aromatic nitrogens is 6. The minimum Gasteiger partial charge on any atom is -0.382 e. The second-order valence-electron chi connectivity index (χ2n) is 8.24. The Bertz CT molecular complexity index is 1580. The van der Waals surface area contributed by atoms with E-state index in [2.05, 4.69) is 78.9 Å². The summed E-state index contributed by atoms with van der Waals surface area (Å²) in [6, 6.07) is 12.8. The molecule has 6 aromatic heterocycles. The predicted octanol–water partition coefficient (Wildman–Crippen LogP) is 6.11. The number of aromatic amines is 2. The van der Waals surface area contributed by atoms with E-state index in [0.29, 0.717) is 11.7 Å². The summed E-state index contributed by atoms with van der Waals surface area (Å²) >= 11 is 1.69. The largest absolute Gasteiger partial charge is 0.382 e. The number of hydrogen-bond donors (Lipinski definition) is 3. The highest BCUT2D eigenvalue weighted by Gasteiger charge is 2.15. The standard InChI is InChI=1S/C25H21N7S/c1-14(2)29-17-8-15(11-26-13-17)16-9-19-23(31-32-25(19)28-12-16)21-10-18-20(30-21)5-6-27-24(18)22-4-3-7-33-22/h3-14,29-30H,1-2H3,(H,28,31,32). The number of anilines is 1. The van der Waals surface area contributed by atoms with Crippen LogP contribution in [0.3, 0.4) is 0 Å². The molecule has 6 heterocycles. The van der Waals surface area contributed by atoms with Gasteiger partial charge in [0.25, 0.3) is 0 Å². The van der Waals surface area contributed by atoms with E-state index in [1.165, 1.54) is 0 Å². The van der Waals surface area contributed by atoms with E-state index >= 15 is 0 Å². The van der Waals surface area contributed by atoms with Crippen LogP contribution in [0.1, 0.15) is 13.8 Å². The first kappa shape index (κ1) is 19.6. The molecule has 0 saturated carbocycles. The van der Waals surface area contributed by atoms with Crippen molar-refractivity contribution in [2.24, 2.45) is 0 Å². The molecule has 0 radical (unpaired) electrons. The molecule has 3 N–H and O–H groups in total. The van der Waals surface area contributed by atoms with Crippen LogP contribution in [0.25, 0.3) is 55.0 Å². The van der Waals surface area contributed by atoms with Gasteiger partial charge in [0.05, 0.1) is 27.6 Å². The number of rotatable bonds is 5. The summed E-state index contributed by atoms with van der Waals surface area (Å²) < 4.78 is 0. The molecule has 7 nitrogen and oxygen atoms in total. The number of hydrogen-bond acceptors (Lipinski definition) is 6. The van der Waals surface area contributed by atoms with Gasteiger partial charge in [0.2, 0.25) is 0 Å². The van der Waals surface area contributed by atoms with Gasteiger partial charge in [0.1, 0.15) is 0 Å². The average molecular weight is 452 g/mol. The molecule has 8 heteroatoms. The highest BCUT2D eigenvalue weighted by molar-refractivity contribution is 7.13. The van der Waals surface area contributed by atoms with Crippen LogP contribution >= 0.6 is 11.3 Å². The molecule has 0 saturated heterocycles. The van der Waals surface area contributed by atoms with Crippen LogP contribution in [-0.4, -0.2) is 36.2 Å². The van der Waals surface area contributed by atoms with Crippen molar-refractivity contribution in [3.63, 3.8) is 0 Å². The smallest absolute Gasteiger partial charge is 0.181 e. The molecule has 0 bridgehead atoms. The van der Waals surface area contributed by atoms with Crippen molar-refractivity contribution in [1.29, 1.82) is 0 Å². The third kappa shape index (κ3) is 3.54. The van der Waals surface area contributed by atoms with Crippen molar-refractivity contribution >= 4 is 39.0 Å². The third-order valence-electron chi connectivity index (χ3n) is 5.51. The number of nitrogens with one attached hydrogen (secondary N) is 3. The number of H-pyrrole nitrogens is 2. The summed E-state index contributed by atoms with van der Waals surface area (Å²) in [5.41, 5.74) is 7.51. The summed E-state index contributed by atoms with van der Waals surface area (Å²) in [6.45, 7) is 4.22. The van der Waals surface area contributed by atoms with Crippen molar-refractivity contribution in [3.8, 4) is 33.1 Å². The molecule has 0 fully saturated rings. The average Bonchev–Trinajstić information content (AvgIpc) is 3.57. The molecule has 162 valence electrons. The van der Waals surface area contributed by atoms with E-state index in [9.17, 15) is 0 Å². The summed E-state index contributed by atoms with van der Waals surface area (Å²) in [6.07, 6.45) is 7.37. The fourth-order valence-corrected chi connectivity index (χ4v) is 4.81. The van der Waals surface area contributed by atoms with E-state index in [1.807, 2.05) is 36.9 Å². The van der Waals surface area contributed by atoms with Gasteiger partial charge >= 0.3 is 0 Å². The lowest BCUT2D eigenvalue weighted by atomic mass is 10.1. The van der Waals surface area contributed by atoms with Crippen molar-refractivity contribution < 1.29 is 0 Å². The van der Waals surface area contributed by atoms with Gasteiger partial charge < -0.3 is 10.3 Å². The second-order valence-corrected chi connectivity index (χ2v) is 9.18. The van der Waals surface area contributed by atoms with Gasteiger partial charge in [-0.1, -0.05) is 6.07 Å². The maximum absolute atomic E-state index is 4.63. The zero-order valence-corrected chi connectivity index (χ0v) is 18.9. The van der Waals surface area contributed by atoms with Crippen LogP contribution < -0.4 is 5.32 Å². The summed E-state index contributed by atoms with van der Waals surface area (Å²) in [7, 11) is 0. The van der Waals surface area contributed by atoms with E-state index in [4.69, 9.17) is 0 Å². The first-order chi connectivity index (χ1) is 16.2. The lowest BCUT2D eigenvalue weighted by Crippen LogP contribution is -2.09. The van der Waals surface area contributed by atoms with E-state index in [-0.39, 0.29) is 0 Å². The molecule has 0 aliphatic heterocycles. The Morgan fingerprint density at radius 3 is 2.73 bits per heavy atom. The Labute approximate surface area is 194 Å². The Kier molecular flexibility index (Phi) is 4.66. The third-order valence-corrected chi connectivity index (χ3v) is 6.39. The van der Waals surface area contributed by atoms with Crippen molar-refractivity contribution in [2.75, 3.05) is 5.32 Å². The van der Waals surface area contributed by atoms with Crippen molar-refractivity contribution in [2.45, 2.75) is 19.9 Å². The molecule has 0 aliphatic carbocycles. The summed E-state index contributed by atoms with van der Waals surface area (Å²) in [4.78, 5) is 18.3. The molecule has 0 amide bonds. The van der Waals surface area contributed by atoms with Gasteiger partial charge in [-0.2, -0.15) is 5.10 Å². The maximum Gasteiger partial charge on any atom is 0.181 e. The normalized spacial score (nSPS) is 11.6. The maximum atomic E-state index is 4.63. The van der Waals surface area contributed by atoms with Gasteiger partial charge in [-0.05, 0) is 49.6 Å². The molecule has 0 unspecified atom stereocenters. The number of fused-ring (bicyclic) bond motifs is 2. The molecule has 0 aliphatic rings. The quantitative estimate of drug-likeness (QED) is 0.294. The fourth-order valence-electron chi connectivity index (χ4n) is 4.07. The molecule has 6 rings (SSSR count). The summed E-state index contributed by atoms with van der Waals surface area (Å²) in [5.74, 6) is 0. The minimum absolute atomic E-state index is 0.332. The van der Waals surface area contributed by atoms with E-state index in [0.717, 1.165) is 55.1 Å². The number of pyridine rings is 3. The van der Waals surface area contributed by atoms with Crippen LogP contribution in [0, 0.1) is 0 Å². The summed E-state index contributed by atoms with van der Waals surface area (Å²) in [5, 5.41) is 15.1. The lowest BCUT2D eigenvalue weighted by molar-refractivity contribution is 0.898. The fraction of sp³-hybridized carbons (Fsp3) is 0.120. The molecule has 33 heavy (non-hydrogen) atoms. The monoisotopic (exact) mass is 451 g/mol. The Hall–Kier alpha value is -4.04. The van der Waals surface area contributed by atoms with E-state index in [1.54, 1.807) is 11.3 Å². The van der Waals surface area contributed by atoms with E-state index < -0.39 is 0 Å². The van der Waals surface area contributed by atoms with Gasteiger partial charge in [0, 0.05) is 58.2 Å². The van der Waals surface area contributed by atoms with Crippen LogP contribution in [0.15, 0.2) is 66.6 Å². The highest BCUT2D eigenvalue weighted by atomic mass is 32.1. The first-order valence-electron chi connectivity index (χ1n) is 10.7. The predicted molar refractivity (Wildman–Crippen MR) is 134 cm³/mol. The lowest BCUT2D eigenvalue weighted by Gasteiger charge is -2.10. The highest BCUT2D eigenvalue weighted by Crippen LogP contribution is 2.35. The Morgan fingerprint density at radius 2 is 1.88 bits per heavy atom. The Balaban J connectivity index is 1.45. The van der Waals surface area contributed by atoms with Gasteiger partial charge in [-0.15, -0.1) is 11.3 Å². The zero-order chi connectivity index (χ0) is 22.4. The van der Waals surface area contributed by atoms with Gasteiger partial charge in [-0.25, -0.2) is 4.98 Å². The molecule has 0 atom stereocenters. The first-order valence-corrected chi connectivity index (χ1v) is 11.6.